The van der Waals surface area contributed by atoms with Gasteiger partial charge in [0.1, 0.15) is 12.7 Å². The highest BCUT2D eigenvalue weighted by atomic mass is 35.5. The second-order valence-corrected chi connectivity index (χ2v) is 6.52. The van der Waals surface area contributed by atoms with Crippen LogP contribution >= 0.6 is 11.6 Å². The number of rotatable bonds is 5. The number of aryl methyl sites for hydroxylation is 3. The number of aliphatic carboxylic acids is 1. The number of carbonyl (C=O) groups is 1. The average molecular weight is 430 g/mol. The highest BCUT2D eigenvalue weighted by molar-refractivity contribution is 6.36. The molecular formula is C18H19ClF3N5O2. The van der Waals surface area contributed by atoms with Gasteiger partial charge in [-0.25, -0.2) is 9.78 Å². The van der Waals surface area contributed by atoms with Crippen molar-refractivity contribution >= 4 is 34.2 Å². The molecule has 0 amide bonds. The zero-order valence-corrected chi connectivity index (χ0v) is 16.4. The summed E-state index contributed by atoms with van der Waals surface area (Å²) in [6.45, 7) is 5.68. The van der Waals surface area contributed by atoms with Gasteiger partial charge in [-0.1, -0.05) is 23.7 Å². The van der Waals surface area contributed by atoms with Gasteiger partial charge >= 0.3 is 12.1 Å². The second-order valence-electron chi connectivity index (χ2n) is 6.15. The third-order valence-electron chi connectivity index (χ3n) is 3.83. The first-order valence-corrected chi connectivity index (χ1v) is 8.90. The van der Waals surface area contributed by atoms with Crippen LogP contribution in [0.25, 0.3) is 10.9 Å². The summed E-state index contributed by atoms with van der Waals surface area (Å²) in [5.41, 5.74) is 3.94. The standard InChI is InChI=1S/C16H18ClN5.C2HF3O2/c1-11-4-5-13-14(8-12(2)21-16(13)15(11)17)19-6-3-7-22-10-18-9-20-22;3-2(4,5)1(6)7/h4-5,8-10H,3,6-7H2,1-2H3,(H,19,21);(H,6,7). The van der Waals surface area contributed by atoms with Gasteiger partial charge in [0, 0.05) is 29.9 Å². The van der Waals surface area contributed by atoms with E-state index in [1.165, 1.54) is 0 Å². The Balaban J connectivity index is 0.000000370. The number of hydrogen-bond acceptors (Lipinski definition) is 5. The molecule has 2 heterocycles. The minimum absolute atomic E-state index is 0.729. The summed E-state index contributed by atoms with van der Waals surface area (Å²) in [6, 6.07) is 6.16. The molecule has 0 unspecified atom stereocenters. The number of hydrogen-bond donors (Lipinski definition) is 2. The van der Waals surface area contributed by atoms with E-state index in [4.69, 9.17) is 21.5 Å². The first kappa shape index (κ1) is 22.4. The predicted molar refractivity (Wildman–Crippen MR) is 103 cm³/mol. The maximum absolute atomic E-state index is 10.6. The lowest BCUT2D eigenvalue weighted by Crippen LogP contribution is -2.21. The lowest BCUT2D eigenvalue weighted by molar-refractivity contribution is -0.192. The Kier molecular flexibility index (Phi) is 7.38. The summed E-state index contributed by atoms with van der Waals surface area (Å²) < 4.78 is 33.6. The van der Waals surface area contributed by atoms with E-state index in [1.54, 1.807) is 12.7 Å². The Bertz CT molecular complexity index is 978. The van der Waals surface area contributed by atoms with Crippen molar-refractivity contribution in [2.24, 2.45) is 0 Å². The van der Waals surface area contributed by atoms with Crippen molar-refractivity contribution in [2.75, 3.05) is 11.9 Å². The molecule has 2 N–H and O–H groups in total. The molecule has 3 rings (SSSR count). The number of halogens is 4. The van der Waals surface area contributed by atoms with Crippen molar-refractivity contribution in [1.29, 1.82) is 0 Å². The third-order valence-corrected chi connectivity index (χ3v) is 4.31. The van der Waals surface area contributed by atoms with Crippen LogP contribution in [-0.2, 0) is 11.3 Å². The highest BCUT2D eigenvalue weighted by Gasteiger charge is 2.38. The van der Waals surface area contributed by atoms with Crippen LogP contribution in [0.2, 0.25) is 5.02 Å². The molecule has 2 aromatic heterocycles. The minimum atomic E-state index is -5.08. The molecular weight excluding hydrogens is 411 g/mol. The summed E-state index contributed by atoms with van der Waals surface area (Å²) in [4.78, 5) is 17.4. The van der Waals surface area contributed by atoms with Gasteiger partial charge in [0.05, 0.1) is 10.5 Å². The maximum Gasteiger partial charge on any atom is 0.490 e. The largest absolute Gasteiger partial charge is 0.490 e. The number of alkyl halides is 3. The second kappa shape index (κ2) is 9.55. The summed E-state index contributed by atoms with van der Waals surface area (Å²) in [5, 5.41) is 16.5. The quantitative estimate of drug-likeness (QED) is 0.589. The van der Waals surface area contributed by atoms with Gasteiger partial charge in [-0.3, -0.25) is 9.67 Å². The summed E-state index contributed by atoms with van der Waals surface area (Å²) in [6.07, 6.45) is -0.835. The van der Waals surface area contributed by atoms with Crippen LogP contribution in [0.5, 0.6) is 0 Å². The normalized spacial score (nSPS) is 11.1. The summed E-state index contributed by atoms with van der Waals surface area (Å²) in [5.74, 6) is -2.76. The molecule has 0 bridgehead atoms. The molecule has 0 saturated heterocycles. The maximum atomic E-state index is 10.6. The molecule has 0 saturated carbocycles. The topological polar surface area (TPSA) is 92.9 Å². The molecule has 3 aromatic rings. The molecule has 11 heteroatoms. The van der Waals surface area contributed by atoms with E-state index in [2.05, 4.69) is 32.5 Å². The Labute approximate surface area is 169 Å². The molecule has 156 valence electrons. The van der Waals surface area contributed by atoms with Crippen molar-refractivity contribution in [1.82, 2.24) is 19.7 Å². The number of aromatic nitrogens is 4. The lowest BCUT2D eigenvalue weighted by Gasteiger charge is -2.12. The van der Waals surface area contributed by atoms with Crippen molar-refractivity contribution < 1.29 is 23.1 Å². The molecule has 1 aromatic carbocycles. The predicted octanol–water partition coefficient (Wildman–Crippen LogP) is 4.23. The Hall–Kier alpha value is -2.88. The fraction of sp³-hybridized carbons (Fsp3) is 0.333. The summed E-state index contributed by atoms with van der Waals surface area (Å²) in [7, 11) is 0. The number of anilines is 1. The van der Waals surface area contributed by atoms with Crippen LogP contribution in [0.1, 0.15) is 17.7 Å². The number of carboxylic acids is 1. The Morgan fingerprint density at radius 1 is 1.31 bits per heavy atom. The van der Waals surface area contributed by atoms with E-state index in [9.17, 15) is 13.2 Å². The smallest absolute Gasteiger partial charge is 0.475 e. The SMILES string of the molecule is Cc1cc(NCCCn2cncn2)c2ccc(C)c(Cl)c2n1.O=C(O)C(F)(F)F. The van der Waals surface area contributed by atoms with Gasteiger partial charge < -0.3 is 10.4 Å². The zero-order valence-electron chi connectivity index (χ0n) is 15.7. The van der Waals surface area contributed by atoms with Gasteiger partial charge in [-0.15, -0.1) is 0 Å². The van der Waals surface area contributed by atoms with Crippen molar-refractivity contribution in [2.45, 2.75) is 33.0 Å². The number of benzene rings is 1. The molecule has 0 aliphatic rings. The van der Waals surface area contributed by atoms with Crippen LogP contribution in [-0.4, -0.2) is 43.5 Å². The van der Waals surface area contributed by atoms with Crippen LogP contribution in [0.3, 0.4) is 0 Å². The van der Waals surface area contributed by atoms with E-state index >= 15 is 0 Å². The fourth-order valence-electron chi connectivity index (χ4n) is 2.45. The van der Waals surface area contributed by atoms with Crippen molar-refractivity contribution in [3.8, 4) is 0 Å². The number of nitrogens with one attached hydrogen (secondary N) is 1. The minimum Gasteiger partial charge on any atom is -0.475 e. The molecule has 29 heavy (non-hydrogen) atoms. The molecule has 0 aliphatic carbocycles. The van der Waals surface area contributed by atoms with Crippen molar-refractivity contribution in [3.05, 3.63) is 47.1 Å². The highest BCUT2D eigenvalue weighted by Crippen LogP contribution is 2.30. The fourth-order valence-corrected chi connectivity index (χ4v) is 2.65. The number of carboxylic acid groups (broad SMARTS) is 1. The third kappa shape index (κ3) is 6.31. The Morgan fingerprint density at radius 2 is 2.00 bits per heavy atom. The van der Waals surface area contributed by atoms with Gasteiger partial charge in [0.15, 0.2) is 0 Å². The van der Waals surface area contributed by atoms with Crippen LogP contribution in [0, 0.1) is 13.8 Å². The van der Waals surface area contributed by atoms with Crippen LogP contribution < -0.4 is 5.32 Å². The molecule has 0 spiro atoms. The van der Waals surface area contributed by atoms with Gasteiger partial charge in [0.25, 0.3) is 0 Å². The molecule has 0 atom stereocenters. The lowest BCUT2D eigenvalue weighted by atomic mass is 10.1. The Morgan fingerprint density at radius 3 is 2.59 bits per heavy atom. The number of pyridine rings is 1. The van der Waals surface area contributed by atoms with E-state index in [-0.39, 0.29) is 0 Å². The van der Waals surface area contributed by atoms with E-state index < -0.39 is 12.1 Å². The van der Waals surface area contributed by atoms with Crippen LogP contribution in [0.4, 0.5) is 18.9 Å². The number of nitrogens with zero attached hydrogens (tertiary/aromatic N) is 4. The molecule has 7 nitrogen and oxygen atoms in total. The van der Waals surface area contributed by atoms with E-state index in [0.29, 0.717) is 0 Å². The zero-order chi connectivity index (χ0) is 21.6. The first-order valence-electron chi connectivity index (χ1n) is 8.52. The molecule has 0 radical (unpaired) electrons. The average Bonchev–Trinajstić information content (AvgIpc) is 3.15. The summed E-state index contributed by atoms with van der Waals surface area (Å²) >= 11 is 6.39. The van der Waals surface area contributed by atoms with E-state index in [1.807, 2.05) is 24.6 Å². The van der Waals surface area contributed by atoms with Crippen molar-refractivity contribution in [3.63, 3.8) is 0 Å². The number of fused-ring (bicyclic) bond motifs is 1. The monoisotopic (exact) mass is 429 g/mol. The van der Waals surface area contributed by atoms with Gasteiger partial charge in [-0.05, 0) is 31.9 Å². The van der Waals surface area contributed by atoms with E-state index in [0.717, 1.165) is 52.4 Å². The van der Waals surface area contributed by atoms with Gasteiger partial charge in [0.2, 0.25) is 0 Å². The van der Waals surface area contributed by atoms with Gasteiger partial charge in [-0.2, -0.15) is 18.3 Å². The van der Waals surface area contributed by atoms with Crippen LogP contribution in [0.15, 0.2) is 30.9 Å². The first-order chi connectivity index (χ1) is 13.6. The molecule has 0 fully saturated rings. The molecule has 0 aliphatic heterocycles.